The van der Waals surface area contributed by atoms with Crippen LogP contribution in [0.2, 0.25) is 5.02 Å². The van der Waals surface area contributed by atoms with Crippen LogP contribution in [0.5, 0.6) is 0 Å². The van der Waals surface area contributed by atoms with Crippen LogP contribution in [0.3, 0.4) is 0 Å². The van der Waals surface area contributed by atoms with Gasteiger partial charge in [0, 0.05) is 36.3 Å². The fourth-order valence-corrected chi connectivity index (χ4v) is 3.80. The Labute approximate surface area is 147 Å². The fraction of sp³-hybridized carbons (Fsp3) is 0.438. The van der Waals surface area contributed by atoms with Crippen LogP contribution >= 0.6 is 11.6 Å². The van der Waals surface area contributed by atoms with Gasteiger partial charge in [-0.2, -0.15) is 0 Å². The van der Waals surface area contributed by atoms with E-state index in [0.29, 0.717) is 31.2 Å². The van der Waals surface area contributed by atoms with Gasteiger partial charge >= 0.3 is 0 Å². The Hall–Kier alpha value is -1.41. The molecular weight excluding hydrogens is 350 g/mol. The standard InChI is InChI=1S/C16H20ClN3O3S/c1-24(21,22)20-8-2-7-19(9-10-20)12-15-11-16(18-23-15)13-3-5-14(17)6-4-13/h3-6,11H,2,7-10,12H2,1H3. The SMILES string of the molecule is CS(=O)(=O)N1CCCN(Cc2cc(-c3ccc(Cl)cc3)no2)CC1. The lowest BCUT2D eigenvalue weighted by molar-refractivity contribution is 0.241. The van der Waals surface area contributed by atoms with Gasteiger partial charge in [0.05, 0.1) is 12.8 Å². The quantitative estimate of drug-likeness (QED) is 0.828. The van der Waals surface area contributed by atoms with Gasteiger partial charge in [0.1, 0.15) is 5.69 Å². The molecule has 0 bridgehead atoms. The minimum absolute atomic E-state index is 0.511. The first-order chi connectivity index (χ1) is 11.4. The van der Waals surface area contributed by atoms with E-state index in [0.717, 1.165) is 30.0 Å². The number of nitrogens with zero attached hydrogens (tertiary/aromatic N) is 3. The predicted octanol–water partition coefficient (Wildman–Crippen LogP) is 2.46. The van der Waals surface area contributed by atoms with Gasteiger partial charge in [0.25, 0.3) is 0 Å². The maximum atomic E-state index is 11.7. The highest BCUT2D eigenvalue weighted by atomic mass is 35.5. The molecule has 1 aliphatic rings. The lowest BCUT2D eigenvalue weighted by Crippen LogP contribution is -2.34. The van der Waals surface area contributed by atoms with Crippen LogP contribution in [0, 0.1) is 0 Å². The first kappa shape index (κ1) is 17.4. The highest BCUT2D eigenvalue weighted by Crippen LogP contribution is 2.22. The highest BCUT2D eigenvalue weighted by Gasteiger charge is 2.22. The van der Waals surface area contributed by atoms with Crippen molar-refractivity contribution >= 4 is 21.6 Å². The number of halogens is 1. The molecule has 2 aromatic rings. The van der Waals surface area contributed by atoms with Gasteiger partial charge in [0.15, 0.2) is 5.76 Å². The van der Waals surface area contributed by atoms with E-state index in [1.807, 2.05) is 30.3 Å². The molecule has 8 heteroatoms. The van der Waals surface area contributed by atoms with E-state index in [1.165, 1.54) is 10.6 Å². The summed E-state index contributed by atoms with van der Waals surface area (Å²) in [6, 6.07) is 9.36. The molecule has 1 aromatic carbocycles. The molecule has 1 saturated heterocycles. The Bertz CT molecular complexity index is 789. The zero-order chi connectivity index (χ0) is 17.2. The first-order valence-corrected chi connectivity index (χ1v) is 10.0. The average molecular weight is 370 g/mol. The lowest BCUT2D eigenvalue weighted by atomic mass is 10.1. The summed E-state index contributed by atoms with van der Waals surface area (Å²) < 4.78 is 30.3. The van der Waals surface area contributed by atoms with Crippen LogP contribution in [0.4, 0.5) is 0 Å². The molecule has 6 nitrogen and oxygen atoms in total. The number of aromatic nitrogens is 1. The molecule has 1 fully saturated rings. The molecule has 0 spiro atoms. The fourth-order valence-electron chi connectivity index (χ4n) is 2.80. The van der Waals surface area contributed by atoms with Crippen LogP contribution in [0.1, 0.15) is 12.2 Å². The van der Waals surface area contributed by atoms with E-state index < -0.39 is 10.0 Å². The van der Waals surface area contributed by atoms with E-state index in [-0.39, 0.29) is 0 Å². The zero-order valence-corrected chi connectivity index (χ0v) is 15.1. The van der Waals surface area contributed by atoms with Crippen molar-refractivity contribution in [1.29, 1.82) is 0 Å². The zero-order valence-electron chi connectivity index (χ0n) is 13.5. The molecule has 24 heavy (non-hydrogen) atoms. The molecule has 0 unspecified atom stereocenters. The Balaban J connectivity index is 1.63. The van der Waals surface area contributed by atoms with Gasteiger partial charge in [0.2, 0.25) is 10.0 Å². The van der Waals surface area contributed by atoms with Crippen molar-refractivity contribution in [1.82, 2.24) is 14.4 Å². The molecule has 2 heterocycles. The minimum atomic E-state index is -3.12. The molecule has 1 aliphatic heterocycles. The molecule has 0 amide bonds. The normalized spacial score (nSPS) is 17.8. The van der Waals surface area contributed by atoms with Crippen LogP contribution in [0.25, 0.3) is 11.3 Å². The highest BCUT2D eigenvalue weighted by molar-refractivity contribution is 7.88. The second kappa shape index (κ2) is 7.23. The third-order valence-corrected chi connectivity index (χ3v) is 5.65. The smallest absolute Gasteiger partial charge is 0.211 e. The van der Waals surface area contributed by atoms with Crippen molar-refractivity contribution in [3.63, 3.8) is 0 Å². The maximum absolute atomic E-state index is 11.7. The number of sulfonamides is 1. The van der Waals surface area contributed by atoms with Crippen LogP contribution < -0.4 is 0 Å². The molecule has 0 aliphatic carbocycles. The van der Waals surface area contributed by atoms with Crippen molar-refractivity contribution in [3.05, 3.63) is 41.1 Å². The molecule has 0 saturated carbocycles. The minimum Gasteiger partial charge on any atom is -0.359 e. The Morgan fingerprint density at radius 3 is 2.62 bits per heavy atom. The van der Waals surface area contributed by atoms with E-state index in [1.54, 1.807) is 0 Å². The second-order valence-corrected chi connectivity index (χ2v) is 8.40. The van der Waals surface area contributed by atoms with Crippen LogP contribution in [0.15, 0.2) is 34.9 Å². The summed E-state index contributed by atoms with van der Waals surface area (Å²) in [5.74, 6) is 0.771. The molecule has 1 aromatic heterocycles. The van der Waals surface area contributed by atoms with E-state index in [9.17, 15) is 8.42 Å². The largest absolute Gasteiger partial charge is 0.359 e. The molecule has 130 valence electrons. The van der Waals surface area contributed by atoms with Crippen molar-refractivity contribution in [2.45, 2.75) is 13.0 Å². The van der Waals surface area contributed by atoms with Gasteiger partial charge < -0.3 is 4.52 Å². The van der Waals surface area contributed by atoms with Gasteiger partial charge in [-0.15, -0.1) is 0 Å². The Morgan fingerprint density at radius 2 is 1.92 bits per heavy atom. The molecule has 3 rings (SSSR count). The monoisotopic (exact) mass is 369 g/mol. The topological polar surface area (TPSA) is 66.7 Å². The van der Waals surface area contributed by atoms with Crippen molar-refractivity contribution < 1.29 is 12.9 Å². The second-order valence-electron chi connectivity index (χ2n) is 5.98. The Morgan fingerprint density at radius 1 is 1.17 bits per heavy atom. The Kier molecular flexibility index (Phi) is 5.24. The first-order valence-electron chi connectivity index (χ1n) is 7.81. The summed E-state index contributed by atoms with van der Waals surface area (Å²) in [6.07, 6.45) is 2.07. The molecule has 0 N–H and O–H groups in total. The van der Waals surface area contributed by atoms with Crippen molar-refractivity contribution in [2.75, 3.05) is 32.4 Å². The number of hydrogen-bond acceptors (Lipinski definition) is 5. The van der Waals surface area contributed by atoms with Gasteiger partial charge in [-0.25, -0.2) is 12.7 Å². The van der Waals surface area contributed by atoms with Gasteiger partial charge in [-0.05, 0) is 25.1 Å². The van der Waals surface area contributed by atoms with Crippen molar-refractivity contribution in [2.24, 2.45) is 0 Å². The van der Waals surface area contributed by atoms with Crippen LogP contribution in [-0.2, 0) is 16.6 Å². The molecule has 0 radical (unpaired) electrons. The summed E-state index contributed by atoms with van der Waals surface area (Å²) in [5, 5.41) is 4.79. The summed E-state index contributed by atoms with van der Waals surface area (Å²) in [7, 11) is -3.12. The van der Waals surface area contributed by atoms with Crippen molar-refractivity contribution in [3.8, 4) is 11.3 Å². The van der Waals surface area contributed by atoms with Gasteiger partial charge in [-0.3, -0.25) is 4.90 Å². The van der Waals surface area contributed by atoms with E-state index in [4.69, 9.17) is 16.1 Å². The summed E-state index contributed by atoms with van der Waals surface area (Å²) >= 11 is 5.90. The summed E-state index contributed by atoms with van der Waals surface area (Å²) in [5.41, 5.74) is 1.72. The maximum Gasteiger partial charge on any atom is 0.211 e. The third kappa shape index (κ3) is 4.36. The number of benzene rings is 1. The van der Waals surface area contributed by atoms with Gasteiger partial charge in [-0.1, -0.05) is 28.9 Å². The third-order valence-electron chi connectivity index (χ3n) is 4.09. The number of hydrogen-bond donors (Lipinski definition) is 0. The predicted molar refractivity (Wildman–Crippen MR) is 93.3 cm³/mol. The number of rotatable bonds is 4. The summed E-state index contributed by atoms with van der Waals surface area (Å²) in [6.45, 7) is 3.23. The van der Waals surface area contributed by atoms with Crippen LogP contribution in [-0.4, -0.2) is 55.2 Å². The van der Waals surface area contributed by atoms with E-state index >= 15 is 0 Å². The molecule has 0 atom stereocenters. The summed E-state index contributed by atoms with van der Waals surface area (Å²) in [4.78, 5) is 2.19. The van der Waals surface area contributed by atoms with E-state index in [2.05, 4.69) is 10.1 Å². The average Bonchev–Trinajstić information content (AvgIpc) is 2.84. The molecular formula is C16H20ClN3O3S. The lowest BCUT2D eigenvalue weighted by Gasteiger charge is -2.19.